The summed E-state index contributed by atoms with van der Waals surface area (Å²) in [5, 5.41) is 23.5. The molecule has 6 aromatic carbocycles. The third-order valence-electron chi connectivity index (χ3n) is 11.3. The van der Waals surface area contributed by atoms with E-state index in [-0.39, 0.29) is 33.4 Å². The van der Waals surface area contributed by atoms with E-state index in [1.165, 1.54) is 72.8 Å². The van der Waals surface area contributed by atoms with Gasteiger partial charge in [0.2, 0.25) is 0 Å². The van der Waals surface area contributed by atoms with Gasteiger partial charge < -0.3 is 52.8 Å². The molecule has 2 fully saturated rings. The monoisotopic (exact) mass is 966 g/mol. The van der Waals surface area contributed by atoms with Gasteiger partial charge in [0, 0.05) is 0 Å². The average molecular weight is 967 g/mol. The number of carbonyl (C=O) groups is 6. The largest absolute Gasteiger partial charge is 0.459 e. The van der Waals surface area contributed by atoms with Crippen LogP contribution in [0.5, 0.6) is 0 Å². The summed E-state index contributed by atoms with van der Waals surface area (Å²) in [5.41, 5.74) is 0.436. The summed E-state index contributed by atoms with van der Waals surface area (Å²) in [6.07, 6.45) is -18.5. The highest BCUT2D eigenvalue weighted by Crippen LogP contribution is 2.35. The molecule has 17 heteroatoms. The summed E-state index contributed by atoms with van der Waals surface area (Å²) >= 11 is 0. The maximum Gasteiger partial charge on any atom is 0.338 e. The maximum absolute atomic E-state index is 14.2. The van der Waals surface area contributed by atoms with Gasteiger partial charge in [0.15, 0.2) is 37.0 Å². The number of hydrogen-bond donors (Lipinski definition) is 2. The SMILES string of the molecule is O=C(OC[C@H]1O[C@@H](O[C@H]2[C@H](O)[C@@H](OC(=O)c3ccccc3)[C@H](O)O[C@@H]2COC(=O)c2ccccc2)[C@H](OC(=O)c2ccccc2)[C@@H](OC(=O)c2ccccc2)[C@H]1OC(=O)c1ccccc1)c1ccccc1. The normalized spacial score (nSPS) is 23.7. The Morgan fingerprint density at radius 2 is 0.648 bits per heavy atom. The van der Waals surface area contributed by atoms with Crippen LogP contribution in [-0.2, 0) is 42.6 Å². The van der Waals surface area contributed by atoms with E-state index < -0.39 is 110 Å². The molecule has 2 aliphatic rings. The molecule has 0 aromatic heterocycles. The molecule has 2 N–H and O–H groups in total. The van der Waals surface area contributed by atoms with Gasteiger partial charge in [0.05, 0.1) is 33.4 Å². The molecule has 71 heavy (non-hydrogen) atoms. The molecule has 0 unspecified atom stereocenters. The van der Waals surface area contributed by atoms with E-state index in [0.29, 0.717) is 0 Å². The second-order valence-corrected chi connectivity index (χ2v) is 16.1. The van der Waals surface area contributed by atoms with Crippen LogP contribution in [0, 0.1) is 0 Å². The topological polar surface area (TPSA) is 226 Å². The third-order valence-corrected chi connectivity index (χ3v) is 11.3. The number of esters is 6. The molecule has 0 amide bonds. The van der Waals surface area contributed by atoms with Crippen LogP contribution in [0.2, 0.25) is 0 Å². The van der Waals surface area contributed by atoms with Crippen LogP contribution in [-0.4, -0.2) is 121 Å². The Morgan fingerprint density at radius 1 is 0.352 bits per heavy atom. The molecule has 2 heterocycles. The zero-order valence-corrected chi connectivity index (χ0v) is 37.5. The van der Waals surface area contributed by atoms with Gasteiger partial charge in [-0.2, -0.15) is 0 Å². The lowest BCUT2D eigenvalue weighted by molar-refractivity contribution is -0.352. The van der Waals surface area contributed by atoms with Crippen molar-refractivity contribution in [2.24, 2.45) is 0 Å². The van der Waals surface area contributed by atoms with Gasteiger partial charge in [-0.25, -0.2) is 28.8 Å². The van der Waals surface area contributed by atoms with E-state index in [9.17, 15) is 39.0 Å². The summed E-state index contributed by atoms with van der Waals surface area (Å²) in [6, 6.07) is 46.6. The number of aliphatic hydroxyl groups is 2. The minimum Gasteiger partial charge on any atom is -0.459 e. The fraction of sp³-hybridized carbons (Fsp3) is 0.222. The lowest BCUT2D eigenvalue weighted by Gasteiger charge is -2.47. The Labute approximate surface area is 406 Å². The van der Waals surface area contributed by atoms with E-state index >= 15 is 0 Å². The van der Waals surface area contributed by atoms with Gasteiger partial charge in [0.1, 0.15) is 37.6 Å². The predicted octanol–water partition coefficient (Wildman–Crippen LogP) is 5.79. The highest BCUT2D eigenvalue weighted by atomic mass is 16.8. The molecule has 2 aliphatic heterocycles. The van der Waals surface area contributed by atoms with Crippen LogP contribution < -0.4 is 0 Å². The number of benzene rings is 6. The van der Waals surface area contributed by atoms with Crippen LogP contribution in [0.3, 0.4) is 0 Å². The zero-order valence-electron chi connectivity index (χ0n) is 37.5. The fourth-order valence-electron chi connectivity index (χ4n) is 7.71. The van der Waals surface area contributed by atoms with Crippen molar-refractivity contribution in [1.82, 2.24) is 0 Å². The molecule has 8 rings (SSSR count). The minimum atomic E-state index is -2.04. The Balaban J connectivity index is 1.21. The second-order valence-electron chi connectivity index (χ2n) is 16.1. The van der Waals surface area contributed by atoms with Gasteiger partial charge in [-0.1, -0.05) is 109 Å². The second kappa shape index (κ2) is 23.5. The van der Waals surface area contributed by atoms with Crippen molar-refractivity contribution in [2.75, 3.05) is 13.2 Å². The molecule has 2 saturated heterocycles. The minimum absolute atomic E-state index is 0.0128. The Morgan fingerprint density at radius 3 is 1.01 bits per heavy atom. The van der Waals surface area contributed by atoms with Gasteiger partial charge >= 0.3 is 35.8 Å². The van der Waals surface area contributed by atoms with Crippen LogP contribution in [0.25, 0.3) is 0 Å². The molecule has 0 aliphatic carbocycles. The van der Waals surface area contributed by atoms with Crippen molar-refractivity contribution in [2.45, 2.75) is 61.4 Å². The highest BCUT2D eigenvalue weighted by Gasteiger charge is 2.57. The number of hydrogen-bond acceptors (Lipinski definition) is 17. The number of aliphatic hydroxyl groups excluding tert-OH is 2. The molecule has 0 saturated carbocycles. The quantitative estimate of drug-likeness (QED) is 0.0864. The Bertz CT molecular complexity index is 2730. The number of rotatable bonds is 16. The first-order valence-corrected chi connectivity index (χ1v) is 22.3. The first-order chi connectivity index (χ1) is 34.5. The standard InChI is InChI=1S/C54H46O17/c55-41-42(39(31-63-47(56)33-19-7-1-8-20-33)65-53(62)44(41)68-50(59)36-25-13-4-14-26-36)71-54-46(70-52(61)38-29-17-6-18-30-38)45(69-51(60)37-27-15-5-16-28-37)43(67-49(58)35-23-11-3-12-24-35)40(66-54)32-64-48(57)34-21-9-2-10-22-34/h1-30,39-46,53-55,62H,31-32H2/t39-,40-,41+,42-,43+,44-,45+,46-,53-,54+/m1/s1. The van der Waals surface area contributed by atoms with Crippen molar-refractivity contribution in [1.29, 1.82) is 0 Å². The van der Waals surface area contributed by atoms with Crippen LogP contribution in [0.1, 0.15) is 62.1 Å². The first-order valence-electron chi connectivity index (χ1n) is 22.3. The smallest absolute Gasteiger partial charge is 0.338 e. The highest BCUT2D eigenvalue weighted by molar-refractivity contribution is 5.92. The van der Waals surface area contributed by atoms with E-state index in [1.54, 1.807) is 109 Å². The molecule has 0 bridgehead atoms. The van der Waals surface area contributed by atoms with Crippen LogP contribution >= 0.6 is 0 Å². The van der Waals surface area contributed by atoms with Crippen molar-refractivity contribution in [3.8, 4) is 0 Å². The number of carbonyl (C=O) groups excluding carboxylic acids is 6. The molecule has 0 radical (unpaired) electrons. The van der Waals surface area contributed by atoms with Gasteiger partial charge in [0.25, 0.3) is 0 Å². The maximum atomic E-state index is 14.2. The Hall–Kier alpha value is -8.06. The van der Waals surface area contributed by atoms with Crippen molar-refractivity contribution in [3.63, 3.8) is 0 Å². The van der Waals surface area contributed by atoms with Gasteiger partial charge in [-0.05, 0) is 72.8 Å². The van der Waals surface area contributed by atoms with Crippen molar-refractivity contribution in [3.05, 3.63) is 215 Å². The summed E-state index contributed by atoms with van der Waals surface area (Å²) < 4.78 is 54.3. The first kappa shape index (κ1) is 49.4. The van der Waals surface area contributed by atoms with Crippen LogP contribution in [0.4, 0.5) is 0 Å². The van der Waals surface area contributed by atoms with Gasteiger partial charge in [-0.15, -0.1) is 0 Å². The lowest BCUT2D eigenvalue weighted by Crippen LogP contribution is -2.66. The zero-order chi connectivity index (χ0) is 49.7. The Kier molecular flexibility index (Phi) is 16.3. The summed E-state index contributed by atoms with van der Waals surface area (Å²) in [4.78, 5) is 82.5. The van der Waals surface area contributed by atoms with E-state index in [0.717, 1.165) is 0 Å². The van der Waals surface area contributed by atoms with E-state index in [4.69, 9.17) is 42.6 Å². The average Bonchev–Trinajstić information content (AvgIpc) is 3.42. The molecule has 6 aromatic rings. The molecule has 17 nitrogen and oxygen atoms in total. The molecular formula is C54H46O17. The van der Waals surface area contributed by atoms with Crippen molar-refractivity contribution >= 4 is 35.8 Å². The third kappa shape index (κ3) is 12.4. The predicted molar refractivity (Wildman–Crippen MR) is 246 cm³/mol. The summed E-state index contributed by atoms with van der Waals surface area (Å²) in [5.74, 6) is -5.56. The molecule has 364 valence electrons. The van der Waals surface area contributed by atoms with E-state index in [2.05, 4.69) is 0 Å². The molecule has 10 atom stereocenters. The summed E-state index contributed by atoms with van der Waals surface area (Å²) in [7, 11) is 0. The molecular weight excluding hydrogens is 921 g/mol. The lowest BCUT2D eigenvalue weighted by atomic mass is 9.96. The molecule has 0 spiro atoms. The van der Waals surface area contributed by atoms with Crippen LogP contribution in [0.15, 0.2) is 182 Å². The summed E-state index contributed by atoms with van der Waals surface area (Å²) in [6.45, 7) is -1.41. The van der Waals surface area contributed by atoms with E-state index in [1.807, 2.05) is 0 Å². The van der Waals surface area contributed by atoms with Gasteiger partial charge in [-0.3, -0.25) is 0 Å². The fourth-order valence-corrected chi connectivity index (χ4v) is 7.71. The van der Waals surface area contributed by atoms with Crippen molar-refractivity contribution < 1.29 is 81.6 Å². The number of ether oxygens (including phenoxy) is 9.